The van der Waals surface area contributed by atoms with Crippen molar-refractivity contribution in [1.82, 2.24) is 10.4 Å². The number of rotatable bonds is 7. The summed E-state index contributed by atoms with van der Waals surface area (Å²) in [4.78, 5) is 3.83. The molecule has 3 nitrogen and oxygen atoms in total. The van der Waals surface area contributed by atoms with Gasteiger partial charge in [-0.25, -0.2) is 0 Å². The molecule has 0 aromatic carbocycles. The van der Waals surface area contributed by atoms with Crippen molar-refractivity contribution in [2.45, 2.75) is 51.7 Å². The first-order valence-electron chi connectivity index (χ1n) is 6.92. The summed E-state index contributed by atoms with van der Waals surface area (Å²) in [6.45, 7) is 4.04. The van der Waals surface area contributed by atoms with E-state index < -0.39 is 17.8 Å². The quantitative estimate of drug-likeness (QED) is 0.592. The van der Waals surface area contributed by atoms with E-state index in [9.17, 15) is 13.2 Å². The third-order valence-electron chi connectivity index (χ3n) is 3.46. The Kier molecular flexibility index (Phi) is 6.42. The molecule has 1 rings (SSSR count). The molecular weight excluding hydrogens is 267 g/mol. The summed E-state index contributed by atoms with van der Waals surface area (Å²) in [5, 5.41) is 0. The highest BCUT2D eigenvalue weighted by molar-refractivity contribution is 5.29. The Morgan fingerprint density at radius 3 is 2.30 bits per heavy atom. The molecule has 114 valence electrons. The monoisotopic (exact) mass is 289 g/mol. The van der Waals surface area contributed by atoms with Crippen LogP contribution in [0.2, 0.25) is 0 Å². The second-order valence-electron chi connectivity index (χ2n) is 4.94. The SMILES string of the molecule is CCCC(CCC)C(NN)c1cnccc1C(F)(F)F. The fourth-order valence-corrected chi connectivity index (χ4v) is 2.61. The van der Waals surface area contributed by atoms with Crippen LogP contribution in [-0.2, 0) is 6.18 Å². The molecule has 0 saturated heterocycles. The van der Waals surface area contributed by atoms with E-state index in [1.54, 1.807) is 0 Å². The summed E-state index contributed by atoms with van der Waals surface area (Å²) in [6, 6.07) is 0.481. The molecule has 0 amide bonds. The number of hydrazine groups is 1. The van der Waals surface area contributed by atoms with Gasteiger partial charge < -0.3 is 0 Å². The number of halogens is 3. The first-order chi connectivity index (χ1) is 9.45. The molecule has 20 heavy (non-hydrogen) atoms. The molecule has 1 aromatic heterocycles. The predicted octanol–water partition coefficient (Wildman–Crippen LogP) is 3.82. The number of hydrogen-bond acceptors (Lipinski definition) is 3. The van der Waals surface area contributed by atoms with Crippen LogP contribution in [0.25, 0.3) is 0 Å². The maximum Gasteiger partial charge on any atom is 0.416 e. The van der Waals surface area contributed by atoms with Crippen molar-refractivity contribution >= 4 is 0 Å². The van der Waals surface area contributed by atoms with Gasteiger partial charge in [0.25, 0.3) is 0 Å². The smallest absolute Gasteiger partial charge is 0.271 e. The number of nitrogens with one attached hydrogen (secondary N) is 1. The minimum absolute atomic E-state index is 0.0697. The Balaban J connectivity index is 3.17. The maximum absolute atomic E-state index is 13.1. The molecule has 6 heteroatoms. The molecule has 1 aromatic rings. The third kappa shape index (κ3) is 4.18. The van der Waals surface area contributed by atoms with Gasteiger partial charge in [0.15, 0.2) is 0 Å². The van der Waals surface area contributed by atoms with Crippen LogP contribution in [0.4, 0.5) is 13.2 Å². The van der Waals surface area contributed by atoms with Crippen LogP contribution in [0.3, 0.4) is 0 Å². The van der Waals surface area contributed by atoms with Crippen molar-refractivity contribution in [3.05, 3.63) is 29.6 Å². The Hall–Kier alpha value is -1.14. The fraction of sp³-hybridized carbons (Fsp3) is 0.643. The molecular formula is C14H22F3N3. The Morgan fingerprint density at radius 2 is 1.85 bits per heavy atom. The lowest BCUT2D eigenvalue weighted by Gasteiger charge is -2.28. The van der Waals surface area contributed by atoms with Gasteiger partial charge in [0.1, 0.15) is 0 Å². The predicted molar refractivity (Wildman–Crippen MR) is 72.6 cm³/mol. The van der Waals surface area contributed by atoms with E-state index in [0.29, 0.717) is 0 Å². The minimum Gasteiger partial charge on any atom is -0.271 e. The fourth-order valence-electron chi connectivity index (χ4n) is 2.61. The van der Waals surface area contributed by atoms with E-state index in [-0.39, 0.29) is 11.5 Å². The number of pyridine rings is 1. The molecule has 0 fully saturated rings. The molecule has 1 unspecified atom stereocenters. The average molecular weight is 289 g/mol. The Bertz CT molecular complexity index is 401. The molecule has 0 aliphatic carbocycles. The van der Waals surface area contributed by atoms with Gasteiger partial charge >= 0.3 is 6.18 Å². The van der Waals surface area contributed by atoms with Gasteiger partial charge in [-0.15, -0.1) is 0 Å². The topological polar surface area (TPSA) is 50.9 Å². The maximum atomic E-state index is 13.1. The van der Waals surface area contributed by atoms with Gasteiger partial charge in [0.2, 0.25) is 0 Å². The zero-order chi connectivity index (χ0) is 15.2. The highest BCUT2D eigenvalue weighted by Crippen LogP contribution is 2.37. The second-order valence-corrected chi connectivity index (χ2v) is 4.94. The minimum atomic E-state index is -4.39. The molecule has 1 atom stereocenters. The van der Waals surface area contributed by atoms with Gasteiger partial charge in [0, 0.05) is 18.0 Å². The van der Waals surface area contributed by atoms with Crippen LogP contribution < -0.4 is 11.3 Å². The number of aromatic nitrogens is 1. The molecule has 0 spiro atoms. The Morgan fingerprint density at radius 1 is 1.25 bits per heavy atom. The van der Waals surface area contributed by atoms with E-state index in [0.717, 1.165) is 37.9 Å². The van der Waals surface area contributed by atoms with Crippen molar-refractivity contribution in [1.29, 1.82) is 0 Å². The van der Waals surface area contributed by atoms with Crippen molar-refractivity contribution in [3.8, 4) is 0 Å². The van der Waals surface area contributed by atoms with Gasteiger partial charge in [-0.3, -0.25) is 16.3 Å². The summed E-state index contributed by atoms with van der Waals surface area (Å²) in [5.41, 5.74) is 2.03. The summed E-state index contributed by atoms with van der Waals surface area (Å²) < 4.78 is 39.3. The summed E-state index contributed by atoms with van der Waals surface area (Å²) in [7, 11) is 0. The number of alkyl halides is 3. The van der Waals surface area contributed by atoms with Gasteiger partial charge in [-0.1, -0.05) is 26.7 Å². The van der Waals surface area contributed by atoms with Crippen LogP contribution >= 0.6 is 0 Å². The highest BCUT2D eigenvalue weighted by Gasteiger charge is 2.36. The molecule has 0 aliphatic heterocycles. The van der Waals surface area contributed by atoms with Crippen LogP contribution in [-0.4, -0.2) is 4.98 Å². The summed E-state index contributed by atoms with van der Waals surface area (Å²) in [6.07, 6.45) is 1.51. The largest absolute Gasteiger partial charge is 0.416 e. The molecule has 0 bridgehead atoms. The van der Waals surface area contributed by atoms with E-state index in [1.807, 2.05) is 13.8 Å². The summed E-state index contributed by atoms with van der Waals surface area (Å²) in [5.74, 6) is 5.60. The highest BCUT2D eigenvalue weighted by atomic mass is 19.4. The van der Waals surface area contributed by atoms with Gasteiger partial charge in [-0.2, -0.15) is 13.2 Å². The zero-order valence-corrected chi connectivity index (χ0v) is 11.9. The second kappa shape index (κ2) is 7.59. The van der Waals surface area contributed by atoms with E-state index >= 15 is 0 Å². The lowest BCUT2D eigenvalue weighted by atomic mass is 9.85. The van der Waals surface area contributed by atoms with Crippen LogP contribution in [0.5, 0.6) is 0 Å². The van der Waals surface area contributed by atoms with Crippen LogP contribution in [0, 0.1) is 5.92 Å². The normalized spacial score (nSPS) is 13.8. The lowest BCUT2D eigenvalue weighted by Crippen LogP contribution is -2.35. The molecule has 3 N–H and O–H groups in total. The van der Waals surface area contributed by atoms with Gasteiger partial charge in [0.05, 0.1) is 11.6 Å². The zero-order valence-electron chi connectivity index (χ0n) is 11.9. The third-order valence-corrected chi connectivity index (χ3v) is 3.46. The van der Waals surface area contributed by atoms with Crippen molar-refractivity contribution < 1.29 is 13.2 Å². The number of nitrogens with two attached hydrogens (primary N) is 1. The lowest BCUT2D eigenvalue weighted by molar-refractivity contribution is -0.138. The van der Waals surface area contributed by atoms with Crippen molar-refractivity contribution in [2.24, 2.45) is 11.8 Å². The van der Waals surface area contributed by atoms with E-state index in [2.05, 4.69) is 10.4 Å². The summed E-state index contributed by atoms with van der Waals surface area (Å²) >= 11 is 0. The van der Waals surface area contributed by atoms with Crippen LogP contribution in [0.1, 0.15) is 56.7 Å². The molecule has 1 heterocycles. The van der Waals surface area contributed by atoms with Gasteiger partial charge in [-0.05, 0) is 24.8 Å². The number of hydrogen-bond donors (Lipinski definition) is 2. The first kappa shape index (κ1) is 16.9. The van der Waals surface area contributed by atoms with E-state index in [4.69, 9.17) is 5.84 Å². The van der Waals surface area contributed by atoms with Crippen molar-refractivity contribution in [3.63, 3.8) is 0 Å². The molecule has 0 radical (unpaired) electrons. The standard InChI is InChI=1S/C14H22F3N3/c1-3-5-10(6-4-2)13(20-18)11-9-19-8-7-12(11)14(15,16)17/h7-10,13,20H,3-6,18H2,1-2H3. The van der Waals surface area contributed by atoms with E-state index in [1.165, 1.54) is 6.20 Å². The van der Waals surface area contributed by atoms with Crippen LogP contribution in [0.15, 0.2) is 18.5 Å². The Labute approximate surface area is 117 Å². The molecule has 0 aliphatic rings. The average Bonchev–Trinajstić information content (AvgIpc) is 2.39. The molecule has 0 saturated carbocycles. The first-order valence-corrected chi connectivity index (χ1v) is 6.92. The van der Waals surface area contributed by atoms with Crippen molar-refractivity contribution in [2.75, 3.05) is 0 Å². The number of nitrogens with zero attached hydrogens (tertiary/aromatic N) is 1.